The molecule has 0 bridgehead atoms. The molecule has 0 saturated heterocycles. The lowest BCUT2D eigenvalue weighted by molar-refractivity contribution is -0.115. The van der Waals surface area contributed by atoms with Crippen molar-refractivity contribution in [1.82, 2.24) is 14.8 Å². The number of thioether (sulfide) groups is 1. The molecule has 3 aromatic rings. The Balaban J connectivity index is 1.71. The number of hydrogen-bond donors (Lipinski definition) is 1. The highest BCUT2D eigenvalue weighted by Crippen LogP contribution is 2.29. The quantitative estimate of drug-likeness (QED) is 0.618. The first-order chi connectivity index (χ1) is 13.0. The highest BCUT2D eigenvalue weighted by molar-refractivity contribution is 8.00. The second-order valence-electron chi connectivity index (χ2n) is 5.92. The number of benzene rings is 1. The van der Waals surface area contributed by atoms with Gasteiger partial charge in [-0.25, -0.2) is 0 Å². The van der Waals surface area contributed by atoms with Crippen molar-refractivity contribution in [3.05, 3.63) is 42.4 Å². The number of nitrogens with zero attached hydrogens (tertiary/aromatic N) is 3. The summed E-state index contributed by atoms with van der Waals surface area (Å²) < 4.78 is 12.5. The number of carbonyl (C=O) groups excluding carboxylic acids is 1. The third kappa shape index (κ3) is 4.16. The van der Waals surface area contributed by atoms with E-state index in [0.29, 0.717) is 11.7 Å². The molecule has 2 aromatic heterocycles. The monoisotopic (exact) mass is 386 g/mol. The number of nitrogens with one attached hydrogen (secondary N) is 1. The molecule has 0 aliphatic carbocycles. The highest BCUT2D eigenvalue weighted by Gasteiger charge is 2.21. The van der Waals surface area contributed by atoms with Crippen LogP contribution in [-0.4, -0.2) is 33.0 Å². The molecule has 0 aliphatic rings. The fraction of sp³-hybridized carbons (Fsp3) is 0.316. The van der Waals surface area contributed by atoms with Gasteiger partial charge in [0.1, 0.15) is 11.5 Å². The van der Waals surface area contributed by atoms with Gasteiger partial charge in [-0.2, -0.15) is 0 Å². The zero-order valence-electron chi connectivity index (χ0n) is 15.7. The smallest absolute Gasteiger partial charge is 0.237 e. The van der Waals surface area contributed by atoms with Crippen molar-refractivity contribution >= 4 is 23.4 Å². The number of methoxy groups -OCH3 is 1. The first-order valence-electron chi connectivity index (χ1n) is 8.62. The SMILES string of the molecule is CCn1c(S[C@H](C)C(=O)Nc2ccc(OC)cc2)nnc1-c1ccoc1C. The molecule has 0 saturated carbocycles. The van der Waals surface area contributed by atoms with E-state index in [1.54, 1.807) is 25.5 Å². The molecular formula is C19H22N4O3S. The molecule has 3 rings (SSSR count). The van der Waals surface area contributed by atoms with Crippen LogP contribution in [0.1, 0.15) is 19.6 Å². The summed E-state index contributed by atoms with van der Waals surface area (Å²) in [6, 6.07) is 9.10. The molecular weight excluding hydrogens is 364 g/mol. The zero-order valence-corrected chi connectivity index (χ0v) is 16.5. The molecule has 0 fully saturated rings. The second-order valence-corrected chi connectivity index (χ2v) is 7.23. The van der Waals surface area contributed by atoms with E-state index in [1.807, 2.05) is 43.5 Å². The summed E-state index contributed by atoms with van der Waals surface area (Å²) in [6.45, 7) is 6.46. The van der Waals surface area contributed by atoms with Crippen molar-refractivity contribution in [3.63, 3.8) is 0 Å². The average molecular weight is 386 g/mol. The molecule has 7 nitrogen and oxygen atoms in total. The van der Waals surface area contributed by atoms with Crippen LogP contribution < -0.4 is 10.1 Å². The van der Waals surface area contributed by atoms with Crippen LogP contribution in [0.2, 0.25) is 0 Å². The third-order valence-corrected chi connectivity index (χ3v) is 5.22. The number of carbonyl (C=O) groups is 1. The minimum atomic E-state index is -0.333. The van der Waals surface area contributed by atoms with Crippen molar-refractivity contribution in [2.75, 3.05) is 12.4 Å². The van der Waals surface area contributed by atoms with Gasteiger partial charge in [0.15, 0.2) is 11.0 Å². The minimum absolute atomic E-state index is 0.100. The van der Waals surface area contributed by atoms with E-state index in [1.165, 1.54) is 11.8 Å². The van der Waals surface area contributed by atoms with Crippen LogP contribution in [0.15, 0.2) is 46.2 Å². The molecule has 8 heteroatoms. The number of amides is 1. The van der Waals surface area contributed by atoms with E-state index in [9.17, 15) is 4.79 Å². The fourth-order valence-corrected chi connectivity index (χ4v) is 3.52. The van der Waals surface area contributed by atoms with E-state index in [4.69, 9.17) is 9.15 Å². The molecule has 0 aliphatic heterocycles. The predicted molar refractivity (Wildman–Crippen MR) is 105 cm³/mol. The molecule has 2 heterocycles. The molecule has 142 valence electrons. The van der Waals surface area contributed by atoms with Crippen molar-refractivity contribution < 1.29 is 13.9 Å². The normalized spacial score (nSPS) is 12.0. The molecule has 1 atom stereocenters. The Bertz CT molecular complexity index is 917. The van der Waals surface area contributed by atoms with E-state index < -0.39 is 0 Å². The van der Waals surface area contributed by atoms with Crippen LogP contribution >= 0.6 is 11.8 Å². The number of aromatic nitrogens is 3. The van der Waals surface area contributed by atoms with E-state index >= 15 is 0 Å². The summed E-state index contributed by atoms with van der Waals surface area (Å²) in [7, 11) is 1.61. The van der Waals surface area contributed by atoms with Crippen molar-refractivity contribution in [3.8, 4) is 17.1 Å². The summed E-state index contributed by atoms with van der Waals surface area (Å²) in [4.78, 5) is 12.5. The lowest BCUT2D eigenvalue weighted by Gasteiger charge is -2.13. The van der Waals surface area contributed by atoms with Crippen molar-refractivity contribution in [1.29, 1.82) is 0 Å². The summed E-state index contributed by atoms with van der Waals surface area (Å²) >= 11 is 1.38. The third-order valence-electron chi connectivity index (χ3n) is 4.14. The number of ether oxygens (including phenoxy) is 1. The number of rotatable bonds is 7. The molecule has 1 N–H and O–H groups in total. The molecule has 0 unspecified atom stereocenters. The van der Waals surface area contributed by atoms with Gasteiger partial charge in [0.25, 0.3) is 0 Å². The Morgan fingerprint density at radius 1 is 1.30 bits per heavy atom. The van der Waals surface area contributed by atoms with Crippen LogP contribution in [0.4, 0.5) is 5.69 Å². The summed E-state index contributed by atoms with van der Waals surface area (Å²) in [5, 5.41) is 11.8. The summed E-state index contributed by atoms with van der Waals surface area (Å²) in [5.41, 5.74) is 1.63. The van der Waals surface area contributed by atoms with Crippen LogP contribution in [0, 0.1) is 6.92 Å². The predicted octanol–water partition coefficient (Wildman–Crippen LogP) is 3.99. The second kappa shape index (κ2) is 8.30. The van der Waals surface area contributed by atoms with Crippen molar-refractivity contribution in [2.45, 2.75) is 37.7 Å². The Labute approximate surface area is 162 Å². The van der Waals surface area contributed by atoms with Crippen molar-refractivity contribution in [2.24, 2.45) is 0 Å². The van der Waals surface area contributed by atoms with E-state index in [0.717, 1.165) is 28.6 Å². The van der Waals surface area contributed by atoms with Crippen LogP contribution in [-0.2, 0) is 11.3 Å². The average Bonchev–Trinajstić information content (AvgIpc) is 3.27. The van der Waals surface area contributed by atoms with Gasteiger partial charge in [0.2, 0.25) is 5.91 Å². The van der Waals surface area contributed by atoms with Crippen LogP contribution in [0.25, 0.3) is 11.4 Å². The highest BCUT2D eigenvalue weighted by atomic mass is 32.2. The molecule has 1 aromatic carbocycles. The zero-order chi connectivity index (χ0) is 19.4. The summed E-state index contributed by atoms with van der Waals surface area (Å²) in [5.74, 6) is 2.18. The first-order valence-corrected chi connectivity index (χ1v) is 9.50. The maximum absolute atomic E-state index is 12.5. The molecule has 27 heavy (non-hydrogen) atoms. The Hall–Kier alpha value is -2.74. The molecule has 0 radical (unpaired) electrons. The van der Waals surface area contributed by atoms with Gasteiger partial charge in [-0.1, -0.05) is 11.8 Å². The van der Waals surface area contributed by atoms with Gasteiger partial charge in [-0.15, -0.1) is 10.2 Å². The Morgan fingerprint density at radius 2 is 2.04 bits per heavy atom. The number of hydrogen-bond acceptors (Lipinski definition) is 6. The number of furan rings is 1. The lowest BCUT2D eigenvalue weighted by Crippen LogP contribution is -2.22. The lowest BCUT2D eigenvalue weighted by atomic mass is 10.2. The van der Waals surface area contributed by atoms with Gasteiger partial charge in [0, 0.05) is 12.2 Å². The summed E-state index contributed by atoms with van der Waals surface area (Å²) in [6.07, 6.45) is 1.64. The van der Waals surface area contributed by atoms with Gasteiger partial charge in [-0.3, -0.25) is 4.79 Å². The maximum atomic E-state index is 12.5. The Morgan fingerprint density at radius 3 is 2.63 bits per heavy atom. The number of aryl methyl sites for hydroxylation is 1. The van der Waals surface area contributed by atoms with E-state index in [-0.39, 0.29) is 11.2 Å². The minimum Gasteiger partial charge on any atom is -0.497 e. The fourth-order valence-electron chi connectivity index (χ4n) is 2.61. The van der Waals surface area contributed by atoms with E-state index in [2.05, 4.69) is 15.5 Å². The Kier molecular flexibility index (Phi) is 5.85. The topological polar surface area (TPSA) is 82.2 Å². The molecule has 1 amide bonds. The molecule has 0 spiro atoms. The van der Waals surface area contributed by atoms with Crippen LogP contribution in [0.5, 0.6) is 5.75 Å². The largest absolute Gasteiger partial charge is 0.497 e. The van der Waals surface area contributed by atoms with Gasteiger partial charge < -0.3 is 19.0 Å². The van der Waals surface area contributed by atoms with Gasteiger partial charge in [-0.05, 0) is 51.1 Å². The van der Waals surface area contributed by atoms with Gasteiger partial charge >= 0.3 is 0 Å². The van der Waals surface area contributed by atoms with Crippen LogP contribution in [0.3, 0.4) is 0 Å². The number of anilines is 1. The first kappa shape index (κ1) is 19.0. The standard InChI is InChI=1S/C19H22N4O3S/c1-5-23-17(16-10-11-26-12(16)2)21-22-19(23)27-13(3)18(24)20-14-6-8-15(25-4)9-7-14/h6-11,13H,5H2,1-4H3,(H,20,24)/t13-/m1/s1. The van der Waals surface area contributed by atoms with Gasteiger partial charge in [0.05, 0.1) is 24.2 Å². The maximum Gasteiger partial charge on any atom is 0.237 e.